The Morgan fingerprint density at radius 3 is 2.79 bits per heavy atom. The first-order valence-electron chi connectivity index (χ1n) is 6.27. The van der Waals surface area contributed by atoms with Crippen LogP contribution < -0.4 is 11.1 Å². The minimum Gasteiger partial charge on any atom is -0.350 e. The van der Waals surface area contributed by atoms with Crippen LogP contribution >= 0.6 is 0 Å². The summed E-state index contributed by atoms with van der Waals surface area (Å²) in [5.41, 5.74) is 6.80. The fourth-order valence-electron chi connectivity index (χ4n) is 2.00. The molecule has 1 unspecified atom stereocenters. The first-order valence-corrected chi connectivity index (χ1v) is 6.27. The number of amides is 1. The van der Waals surface area contributed by atoms with E-state index in [0.717, 1.165) is 12.8 Å². The Hall–Kier alpha value is -1.95. The van der Waals surface area contributed by atoms with E-state index in [4.69, 9.17) is 5.73 Å². The summed E-state index contributed by atoms with van der Waals surface area (Å²) in [6, 6.07) is 4.33. The van der Waals surface area contributed by atoms with Gasteiger partial charge in [-0.3, -0.25) is 14.9 Å². The molecule has 1 saturated carbocycles. The third-order valence-corrected chi connectivity index (χ3v) is 3.26. The maximum atomic E-state index is 11.9. The van der Waals surface area contributed by atoms with E-state index in [-0.39, 0.29) is 17.6 Å². The fourth-order valence-corrected chi connectivity index (χ4v) is 2.00. The van der Waals surface area contributed by atoms with Crippen LogP contribution in [0.5, 0.6) is 0 Å². The summed E-state index contributed by atoms with van der Waals surface area (Å²) in [6.07, 6.45) is 2.24. The SMILES string of the molecule is Cc1cc(C(=O)NCC(N)C2CC2)cc([N+](=O)[O-])c1. The van der Waals surface area contributed by atoms with Crippen molar-refractivity contribution >= 4 is 11.6 Å². The van der Waals surface area contributed by atoms with E-state index in [1.54, 1.807) is 13.0 Å². The number of rotatable bonds is 5. The van der Waals surface area contributed by atoms with Crippen molar-refractivity contribution < 1.29 is 9.72 Å². The predicted molar refractivity (Wildman–Crippen MR) is 70.9 cm³/mol. The van der Waals surface area contributed by atoms with Crippen LogP contribution in [-0.4, -0.2) is 23.4 Å². The highest BCUT2D eigenvalue weighted by Gasteiger charge is 2.28. The summed E-state index contributed by atoms with van der Waals surface area (Å²) >= 11 is 0. The molecule has 19 heavy (non-hydrogen) atoms. The Kier molecular flexibility index (Phi) is 3.80. The molecule has 0 aromatic heterocycles. The van der Waals surface area contributed by atoms with Gasteiger partial charge in [0.15, 0.2) is 0 Å². The largest absolute Gasteiger partial charge is 0.350 e. The second kappa shape index (κ2) is 5.36. The molecule has 102 valence electrons. The molecule has 2 rings (SSSR count). The van der Waals surface area contributed by atoms with Crippen LogP contribution in [0.15, 0.2) is 18.2 Å². The van der Waals surface area contributed by atoms with Crippen molar-refractivity contribution in [1.29, 1.82) is 0 Å². The molecule has 1 atom stereocenters. The maximum Gasteiger partial charge on any atom is 0.270 e. The number of non-ortho nitro benzene ring substituents is 1. The molecule has 1 aromatic carbocycles. The van der Waals surface area contributed by atoms with Crippen molar-refractivity contribution in [1.82, 2.24) is 5.32 Å². The fraction of sp³-hybridized carbons (Fsp3) is 0.462. The molecular formula is C13H17N3O3. The predicted octanol–water partition coefficient (Wildman–Crippen LogP) is 1.37. The number of hydrogen-bond donors (Lipinski definition) is 2. The van der Waals surface area contributed by atoms with E-state index in [9.17, 15) is 14.9 Å². The van der Waals surface area contributed by atoms with Gasteiger partial charge in [0, 0.05) is 30.3 Å². The van der Waals surface area contributed by atoms with Crippen LogP contribution in [0, 0.1) is 23.0 Å². The van der Waals surface area contributed by atoms with Crippen molar-refractivity contribution in [2.75, 3.05) is 6.54 Å². The van der Waals surface area contributed by atoms with Crippen molar-refractivity contribution in [3.8, 4) is 0 Å². The molecule has 6 nitrogen and oxygen atoms in total. The second-order valence-electron chi connectivity index (χ2n) is 5.03. The molecule has 6 heteroatoms. The van der Waals surface area contributed by atoms with Crippen molar-refractivity contribution in [2.24, 2.45) is 11.7 Å². The molecule has 1 aliphatic carbocycles. The molecular weight excluding hydrogens is 246 g/mol. The van der Waals surface area contributed by atoms with E-state index in [1.807, 2.05) is 0 Å². The quantitative estimate of drug-likeness (QED) is 0.619. The number of nitrogens with two attached hydrogens (primary N) is 1. The zero-order valence-electron chi connectivity index (χ0n) is 10.8. The highest BCUT2D eigenvalue weighted by molar-refractivity contribution is 5.95. The van der Waals surface area contributed by atoms with Gasteiger partial charge in [-0.15, -0.1) is 0 Å². The molecule has 0 saturated heterocycles. The summed E-state index contributed by atoms with van der Waals surface area (Å²) in [4.78, 5) is 22.2. The Morgan fingerprint density at radius 2 is 2.21 bits per heavy atom. The maximum absolute atomic E-state index is 11.9. The average Bonchev–Trinajstić information content (AvgIpc) is 3.18. The minimum atomic E-state index is -0.500. The molecule has 1 aliphatic rings. The number of nitrogens with one attached hydrogen (secondary N) is 1. The number of hydrogen-bond acceptors (Lipinski definition) is 4. The summed E-state index contributed by atoms with van der Waals surface area (Å²) < 4.78 is 0. The monoisotopic (exact) mass is 263 g/mol. The number of benzene rings is 1. The van der Waals surface area contributed by atoms with E-state index in [2.05, 4.69) is 5.32 Å². The summed E-state index contributed by atoms with van der Waals surface area (Å²) in [6.45, 7) is 2.13. The summed E-state index contributed by atoms with van der Waals surface area (Å²) in [5, 5.41) is 13.5. The topological polar surface area (TPSA) is 98.3 Å². The van der Waals surface area contributed by atoms with E-state index >= 15 is 0 Å². The number of carbonyl (C=O) groups is 1. The van der Waals surface area contributed by atoms with Gasteiger partial charge in [0.1, 0.15) is 0 Å². The second-order valence-corrected chi connectivity index (χ2v) is 5.03. The zero-order valence-corrected chi connectivity index (χ0v) is 10.8. The normalized spacial score (nSPS) is 15.9. The number of aryl methyl sites for hydroxylation is 1. The Bertz CT molecular complexity index is 512. The summed E-state index contributed by atoms with van der Waals surface area (Å²) in [7, 11) is 0. The standard InChI is InChI=1S/C13H17N3O3/c1-8-4-10(6-11(5-8)16(18)19)13(17)15-7-12(14)9-2-3-9/h4-6,9,12H,2-3,7,14H2,1H3,(H,15,17). The molecule has 1 amide bonds. The van der Waals surface area contributed by atoms with Gasteiger partial charge >= 0.3 is 0 Å². The van der Waals surface area contributed by atoms with Gasteiger partial charge in [-0.2, -0.15) is 0 Å². The Labute approximate surface area is 111 Å². The van der Waals surface area contributed by atoms with Gasteiger partial charge < -0.3 is 11.1 Å². The average molecular weight is 263 g/mol. The highest BCUT2D eigenvalue weighted by Crippen LogP contribution is 2.31. The lowest BCUT2D eigenvalue weighted by molar-refractivity contribution is -0.384. The molecule has 0 bridgehead atoms. The van der Waals surface area contributed by atoms with E-state index in [1.165, 1.54) is 12.1 Å². The van der Waals surface area contributed by atoms with Gasteiger partial charge in [-0.05, 0) is 37.3 Å². The third-order valence-electron chi connectivity index (χ3n) is 3.26. The van der Waals surface area contributed by atoms with E-state index < -0.39 is 4.92 Å². The number of nitro groups is 1. The van der Waals surface area contributed by atoms with Crippen molar-refractivity contribution in [3.05, 3.63) is 39.4 Å². The van der Waals surface area contributed by atoms with Crippen molar-refractivity contribution in [2.45, 2.75) is 25.8 Å². The number of nitro benzene ring substituents is 1. The van der Waals surface area contributed by atoms with Crippen LogP contribution in [0.25, 0.3) is 0 Å². The molecule has 0 spiro atoms. The lowest BCUT2D eigenvalue weighted by Gasteiger charge is -2.11. The number of carbonyl (C=O) groups excluding carboxylic acids is 1. The molecule has 3 N–H and O–H groups in total. The van der Waals surface area contributed by atoms with Crippen LogP contribution in [0.4, 0.5) is 5.69 Å². The van der Waals surface area contributed by atoms with Crippen molar-refractivity contribution in [3.63, 3.8) is 0 Å². The Balaban J connectivity index is 2.03. The minimum absolute atomic E-state index is 0.0243. The van der Waals surface area contributed by atoms with Crippen LogP contribution in [0.2, 0.25) is 0 Å². The van der Waals surface area contributed by atoms with E-state index in [0.29, 0.717) is 23.6 Å². The molecule has 0 aliphatic heterocycles. The smallest absolute Gasteiger partial charge is 0.270 e. The first kappa shape index (κ1) is 13.5. The lowest BCUT2D eigenvalue weighted by Crippen LogP contribution is -2.38. The van der Waals surface area contributed by atoms with Gasteiger partial charge in [0.25, 0.3) is 11.6 Å². The van der Waals surface area contributed by atoms with Gasteiger partial charge in [-0.25, -0.2) is 0 Å². The Morgan fingerprint density at radius 1 is 1.53 bits per heavy atom. The summed E-state index contributed by atoms with van der Waals surface area (Å²) in [5.74, 6) is 0.190. The number of nitrogens with zero attached hydrogens (tertiary/aromatic N) is 1. The van der Waals surface area contributed by atoms with Gasteiger partial charge in [-0.1, -0.05) is 0 Å². The molecule has 1 fully saturated rings. The van der Waals surface area contributed by atoms with Gasteiger partial charge in [0.2, 0.25) is 0 Å². The van der Waals surface area contributed by atoms with Gasteiger partial charge in [0.05, 0.1) is 4.92 Å². The molecule has 0 radical (unpaired) electrons. The lowest BCUT2D eigenvalue weighted by atomic mass is 10.1. The zero-order chi connectivity index (χ0) is 14.0. The highest BCUT2D eigenvalue weighted by atomic mass is 16.6. The van der Waals surface area contributed by atoms with Crippen LogP contribution in [0.3, 0.4) is 0 Å². The van der Waals surface area contributed by atoms with Crippen LogP contribution in [0.1, 0.15) is 28.8 Å². The first-order chi connectivity index (χ1) is 8.97. The third kappa shape index (κ3) is 3.51. The molecule has 1 aromatic rings. The molecule has 0 heterocycles. The van der Waals surface area contributed by atoms with Crippen LogP contribution in [-0.2, 0) is 0 Å².